The highest BCUT2D eigenvalue weighted by molar-refractivity contribution is 7.07. The monoisotopic (exact) mass is 322 g/mol. The lowest BCUT2D eigenvalue weighted by Gasteiger charge is -2.37. The molecule has 0 bridgehead atoms. The molecule has 1 N–H and O–H groups in total. The number of thiazole rings is 1. The van der Waals surface area contributed by atoms with Crippen molar-refractivity contribution >= 4 is 22.9 Å². The van der Waals surface area contributed by atoms with Crippen LogP contribution in [0.1, 0.15) is 27.8 Å². The lowest BCUT2D eigenvalue weighted by molar-refractivity contribution is 0.0663. The van der Waals surface area contributed by atoms with E-state index in [1.54, 1.807) is 22.8 Å². The third-order valence-corrected chi connectivity index (χ3v) is 4.43. The summed E-state index contributed by atoms with van der Waals surface area (Å²) in [6.07, 6.45) is 3.24. The van der Waals surface area contributed by atoms with Gasteiger partial charge in [-0.05, 0) is 23.8 Å². The van der Waals surface area contributed by atoms with Crippen LogP contribution in [0.2, 0.25) is 0 Å². The van der Waals surface area contributed by atoms with Gasteiger partial charge in [-0.1, -0.05) is 18.2 Å². The number of amides is 1. The van der Waals surface area contributed by atoms with Crippen molar-refractivity contribution in [3.8, 4) is 0 Å². The number of nitrogens with one attached hydrogen (secondary N) is 1. The van der Waals surface area contributed by atoms with E-state index >= 15 is 0 Å². The van der Waals surface area contributed by atoms with Crippen LogP contribution >= 0.6 is 11.3 Å². The number of hydrogen-bond acceptors (Lipinski definition) is 5. The Hall–Kier alpha value is -2.73. The summed E-state index contributed by atoms with van der Waals surface area (Å²) < 4.78 is 0. The quantitative estimate of drug-likeness (QED) is 0.804. The number of nitrogens with zero attached hydrogens (tertiary/aromatic N) is 3. The molecule has 0 unspecified atom stereocenters. The van der Waals surface area contributed by atoms with Gasteiger partial charge < -0.3 is 10.2 Å². The lowest BCUT2D eigenvalue weighted by atomic mass is 10.1. The summed E-state index contributed by atoms with van der Waals surface area (Å²) >= 11 is 1.52. The van der Waals surface area contributed by atoms with Crippen LogP contribution in [0.15, 0.2) is 59.7 Å². The van der Waals surface area contributed by atoms with Crippen LogP contribution in [0.3, 0.4) is 0 Å². The Kier molecular flexibility index (Phi) is 3.51. The van der Waals surface area contributed by atoms with Crippen LogP contribution in [0.4, 0.5) is 5.69 Å². The van der Waals surface area contributed by atoms with E-state index in [0.29, 0.717) is 12.1 Å². The van der Waals surface area contributed by atoms with Gasteiger partial charge in [0.1, 0.15) is 6.17 Å². The van der Waals surface area contributed by atoms with Crippen LogP contribution in [-0.2, 0) is 6.54 Å². The van der Waals surface area contributed by atoms with Crippen LogP contribution in [0.25, 0.3) is 0 Å². The Balaban J connectivity index is 1.75. The number of hydrogen-bond donors (Lipinski definition) is 1. The fourth-order valence-electron chi connectivity index (χ4n) is 2.73. The molecule has 3 heterocycles. The molecule has 2 aromatic heterocycles. The van der Waals surface area contributed by atoms with Crippen molar-refractivity contribution in [2.75, 3.05) is 5.32 Å². The van der Waals surface area contributed by atoms with Gasteiger partial charge in [-0.2, -0.15) is 0 Å². The SMILES string of the molecule is O=C1c2ccccc2N[C@@H](c2cscn2)N1Cc1cccnc1. The number of para-hydroxylation sites is 1. The Labute approximate surface area is 137 Å². The summed E-state index contributed by atoms with van der Waals surface area (Å²) in [4.78, 5) is 23.3. The summed E-state index contributed by atoms with van der Waals surface area (Å²) in [5.41, 5.74) is 5.15. The van der Waals surface area contributed by atoms with Crippen LogP contribution < -0.4 is 5.32 Å². The van der Waals surface area contributed by atoms with Gasteiger partial charge in [0.05, 0.1) is 16.8 Å². The standard InChI is InChI=1S/C17H14N4OS/c22-17-13-5-1-2-6-14(13)20-16(15-10-23-11-19-15)21(17)9-12-4-3-7-18-8-12/h1-8,10-11,16,20H,9H2/t16-/m1/s1. The summed E-state index contributed by atoms with van der Waals surface area (Å²) in [6, 6.07) is 11.4. The molecule has 0 spiro atoms. The molecule has 0 fully saturated rings. The van der Waals surface area contributed by atoms with E-state index in [4.69, 9.17) is 0 Å². The van der Waals surface area contributed by atoms with E-state index < -0.39 is 0 Å². The molecule has 0 saturated heterocycles. The molecule has 0 radical (unpaired) electrons. The lowest BCUT2D eigenvalue weighted by Crippen LogP contribution is -2.42. The van der Waals surface area contributed by atoms with Crippen molar-refractivity contribution in [3.63, 3.8) is 0 Å². The highest BCUT2D eigenvalue weighted by atomic mass is 32.1. The average Bonchev–Trinajstić information content (AvgIpc) is 3.13. The van der Waals surface area contributed by atoms with Crippen LogP contribution in [0, 0.1) is 0 Å². The van der Waals surface area contributed by atoms with E-state index in [0.717, 1.165) is 16.9 Å². The molecule has 1 atom stereocenters. The molecule has 0 saturated carbocycles. The Morgan fingerprint density at radius 2 is 2.13 bits per heavy atom. The van der Waals surface area contributed by atoms with Gasteiger partial charge in [0.15, 0.2) is 0 Å². The van der Waals surface area contributed by atoms with Gasteiger partial charge in [-0.3, -0.25) is 9.78 Å². The third kappa shape index (κ3) is 2.57. The van der Waals surface area contributed by atoms with Crippen molar-refractivity contribution < 1.29 is 4.79 Å². The number of carbonyl (C=O) groups excluding carboxylic acids is 1. The molecule has 0 aliphatic carbocycles. The largest absolute Gasteiger partial charge is 0.359 e. The van der Waals surface area contributed by atoms with Gasteiger partial charge in [0.2, 0.25) is 0 Å². The fraction of sp³-hybridized carbons (Fsp3) is 0.118. The number of pyridine rings is 1. The average molecular weight is 322 g/mol. The van der Waals surface area contributed by atoms with Crippen LogP contribution in [-0.4, -0.2) is 20.8 Å². The highest BCUT2D eigenvalue weighted by Gasteiger charge is 2.33. The minimum absolute atomic E-state index is 0.00111. The zero-order chi connectivity index (χ0) is 15.6. The molecule has 4 rings (SSSR count). The summed E-state index contributed by atoms with van der Waals surface area (Å²) in [7, 11) is 0. The molecular weight excluding hydrogens is 308 g/mol. The molecule has 1 aromatic carbocycles. The van der Waals surface area contributed by atoms with E-state index in [1.807, 2.05) is 41.8 Å². The topological polar surface area (TPSA) is 58.1 Å². The second-order valence-electron chi connectivity index (χ2n) is 5.30. The highest BCUT2D eigenvalue weighted by Crippen LogP contribution is 2.33. The zero-order valence-electron chi connectivity index (χ0n) is 12.2. The second-order valence-corrected chi connectivity index (χ2v) is 6.02. The van der Waals surface area contributed by atoms with Gasteiger partial charge in [-0.25, -0.2) is 4.98 Å². The fourth-order valence-corrected chi connectivity index (χ4v) is 3.31. The Bertz CT molecular complexity index is 820. The van der Waals surface area contributed by atoms with E-state index in [2.05, 4.69) is 15.3 Å². The van der Waals surface area contributed by atoms with E-state index in [-0.39, 0.29) is 12.1 Å². The van der Waals surface area contributed by atoms with Gasteiger partial charge in [0, 0.05) is 30.0 Å². The molecule has 5 nitrogen and oxygen atoms in total. The minimum atomic E-state index is -0.274. The normalized spacial score (nSPS) is 16.8. The van der Waals surface area contributed by atoms with Crippen molar-refractivity contribution in [3.05, 3.63) is 76.5 Å². The first kappa shape index (κ1) is 13.9. The van der Waals surface area contributed by atoms with Crippen molar-refractivity contribution in [1.82, 2.24) is 14.9 Å². The Morgan fingerprint density at radius 3 is 2.91 bits per heavy atom. The summed E-state index contributed by atoms with van der Waals surface area (Å²) in [6.45, 7) is 0.482. The van der Waals surface area contributed by atoms with Gasteiger partial charge in [-0.15, -0.1) is 11.3 Å². The number of carbonyl (C=O) groups is 1. The van der Waals surface area contributed by atoms with E-state index in [9.17, 15) is 4.79 Å². The molecule has 3 aromatic rings. The maximum atomic E-state index is 13.0. The molecule has 23 heavy (non-hydrogen) atoms. The first-order chi connectivity index (χ1) is 11.3. The molecule has 1 aliphatic rings. The molecule has 1 amide bonds. The van der Waals surface area contributed by atoms with Gasteiger partial charge >= 0.3 is 0 Å². The van der Waals surface area contributed by atoms with Crippen LogP contribution in [0.5, 0.6) is 0 Å². The first-order valence-corrected chi connectivity index (χ1v) is 8.21. The second kappa shape index (κ2) is 5.81. The maximum absolute atomic E-state index is 13.0. The third-order valence-electron chi connectivity index (χ3n) is 3.83. The van der Waals surface area contributed by atoms with E-state index in [1.165, 1.54) is 11.3 Å². The smallest absolute Gasteiger partial charge is 0.258 e. The summed E-state index contributed by atoms with van der Waals surface area (Å²) in [5.74, 6) is 0.00111. The molecule has 6 heteroatoms. The van der Waals surface area contributed by atoms with Gasteiger partial charge in [0.25, 0.3) is 5.91 Å². The van der Waals surface area contributed by atoms with Crippen molar-refractivity contribution in [1.29, 1.82) is 0 Å². The number of rotatable bonds is 3. The van der Waals surface area contributed by atoms with Crippen molar-refractivity contribution in [2.45, 2.75) is 12.7 Å². The molecule has 114 valence electrons. The minimum Gasteiger partial charge on any atom is -0.359 e. The molecule has 1 aliphatic heterocycles. The zero-order valence-corrected chi connectivity index (χ0v) is 13.0. The Morgan fingerprint density at radius 1 is 1.22 bits per heavy atom. The number of anilines is 1. The molecular formula is C17H14N4OS. The van der Waals surface area contributed by atoms with Crippen molar-refractivity contribution in [2.24, 2.45) is 0 Å². The first-order valence-electron chi connectivity index (χ1n) is 7.26. The number of benzene rings is 1. The number of fused-ring (bicyclic) bond motifs is 1. The summed E-state index contributed by atoms with van der Waals surface area (Å²) in [5, 5.41) is 5.40. The predicted octanol–water partition coefficient (Wildman–Crippen LogP) is 3.30. The maximum Gasteiger partial charge on any atom is 0.258 e. The predicted molar refractivity (Wildman–Crippen MR) is 89.0 cm³/mol. The number of aromatic nitrogens is 2.